The van der Waals surface area contributed by atoms with Gasteiger partial charge < -0.3 is 19.9 Å². The molecule has 41 heavy (non-hydrogen) atoms. The Morgan fingerprint density at radius 1 is 1.15 bits per heavy atom. The monoisotopic (exact) mass is 565 g/mol. The highest BCUT2D eigenvalue weighted by Gasteiger charge is 2.33. The van der Waals surface area contributed by atoms with Crippen LogP contribution >= 0.6 is 0 Å². The Labute approximate surface area is 235 Å². The third-order valence-corrected chi connectivity index (χ3v) is 7.28. The number of rotatable bonds is 7. The molecule has 3 heterocycles. The number of aryl methyl sites for hydroxylation is 1. The zero-order valence-corrected chi connectivity index (χ0v) is 23.1. The molecule has 1 atom stereocenters. The minimum Gasteiger partial charge on any atom is -0.495 e. The first-order valence-corrected chi connectivity index (χ1v) is 13.0. The number of hydrogen-bond acceptors (Lipinski definition) is 7. The van der Waals surface area contributed by atoms with Crippen LogP contribution in [0.15, 0.2) is 61.1 Å². The van der Waals surface area contributed by atoms with Crippen molar-refractivity contribution in [1.82, 2.24) is 24.9 Å². The second-order valence-electron chi connectivity index (χ2n) is 10.2. The van der Waals surface area contributed by atoms with Crippen LogP contribution in [0.1, 0.15) is 27.9 Å². The van der Waals surface area contributed by atoms with Gasteiger partial charge in [-0.3, -0.25) is 9.78 Å². The molecule has 1 aliphatic rings. The van der Waals surface area contributed by atoms with E-state index in [1.54, 1.807) is 63.1 Å². The maximum Gasteiger partial charge on any atom is 0.416 e. The highest BCUT2D eigenvalue weighted by Crippen LogP contribution is 2.35. The van der Waals surface area contributed by atoms with E-state index in [0.29, 0.717) is 28.4 Å². The lowest BCUT2D eigenvalue weighted by Gasteiger charge is -2.28. The van der Waals surface area contributed by atoms with Crippen LogP contribution in [0.3, 0.4) is 0 Å². The highest BCUT2D eigenvalue weighted by atomic mass is 19.4. The van der Waals surface area contributed by atoms with E-state index >= 15 is 0 Å². The standard InChI is InChI=1S/C29H30F3N7O2/c1-18-5-6-19(10-27(18)39-17-26(35-36-39)20-9-25(41-4)15-33-14-20)28(40)34-22-11-21(29(30,31)32)12-24(13-22)38(3)23-7-8-37(2)16-23/h5-6,9-15,17,23H,7-8,16H2,1-4H3,(H,34,40). The van der Waals surface area contributed by atoms with Gasteiger partial charge in [-0.25, -0.2) is 4.68 Å². The second-order valence-corrected chi connectivity index (χ2v) is 10.2. The van der Waals surface area contributed by atoms with Gasteiger partial charge in [-0.1, -0.05) is 11.3 Å². The molecule has 9 nitrogen and oxygen atoms in total. The predicted molar refractivity (Wildman–Crippen MR) is 150 cm³/mol. The van der Waals surface area contributed by atoms with E-state index in [2.05, 4.69) is 25.5 Å². The molecule has 1 unspecified atom stereocenters. The Bertz CT molecular complexity index is 1570. The van der Waals surface area contributed by atoms with Crippen LogP contribution in [0.2, 0.25) is 0 Å². The molecule has 12 heteroatoms. The van der Waals surface area contributed by atoms with Gasteiger partial charge in [0.1, 0.15) is 11.4 Å². The van der Waals surface area contributed by atoms with Crippen LogP contribution in [0.5, 0.6) is 5.75 Å². The topological polar surface area (TPSA) is 88.4 Å². The van der Waals surface area contributed by atoms with E-state index < -0.39 is 17.6 Å². The summed E-state index contributed by atoms with van der Waals surface area (Å²) in [5.74, 6) is 0.0310. The SMILES string of the molecule is COc1cncc(-c2cn(-c3cc(C(=O)Nc4cc(N(C)C5CCN(C)C5)cc(C(F)(F)F)c4)ccc3C)nn2)c1. The van der Waals surface area contributed by atoms with Gasteiger partial charge >= 0.3 is 6.18 Å². The fourth-order valence-electron chi connectivity index (χ4n) is 4.87. The van der Waals surface area contributed by atoms with Gasteiger partial charge in [0, 0.05) is 48.3 Å². The molecular formula is C29H30F3N7O2. The number of carbonyl (C=O) groups excluding carboxylic acids is 1. The third-order valence-electron chi connectivity index (χ3n) is 7.28. The summed E-state index contributed by atoms with van der Waals surface area (Å²) in [5.41, 5.74) is 2.58. The van der Waals surface area contributed by atoms with Crippen LogP contribution < -0.4 is 15.0 Å². The molecule has 4 aromatic rings. The van der Waals surface area contributed by atoms with E-state index in [-0.39, 0.29) is 17.3 Å². The van der Waals surface area contributed by atoms with Crippen molar-refractivity contribution in [2.75, 3.05) is 44.5 Å². The predicted octanol–water partition coefficient (Wildman–Crippen LogP) is 5.06. The number of alkyl halides is 3. The summed E-state index contributed by atoms with van der Waals surface area (Å²) < 4.78 is 48.2. The average molecular weight is 566 g/mol. The first-order valence-electron chi connectivity index (χ1n) is 13.0. The highest BCUT2D eigenvalue weighted by molar-refractivity contribution is 6.05. The average Bonchev–Trinajstić information content (AvgIpc) is 3.62. The number of hydrogen-bond donors (Lipinski definition) is 1. The summed E-state index contributed by atoms with van der Waals surface area (Å²) in [6, 6.07) is 10.5. The fraction of sp³-hybridized carbons (Fsp3) is 0.310. The molecule has 0 radical (unpaired) electrons. The number of likely N-dealkylation sites (N-methyl/N-ethyl adjacent to an activating group) is 2. The van der Waals surface area contributed by atoms with Gasteiger partial charge in [-0.2, -0.15) is 13.2 Å². The lowest BCUT2D eigenvalue weighted by Crippen LogP contribution is -2.34. The van der Waals surface area contributed by atoms with Crippen molar-refractivity contribution in [3.8, 4) is 22.7 Å². The molecule has 1 saturated heterocycles. The molecule has 1 fully saturated rings. The maximum absolute atomic E-state index is 13.8. The van der Waals surface area contributed by atoms with Crippen molar-refractivity contribution in [3.05, 3.63) is 77.7 Å². The van der Waals surface area contributed by atoms with E-state index in [4.69, 9.17) is 4.74 Å². The van der Waals surface area contributed by atoms with Gasteiger partial charge in [0.15, 0.2) is 0 Å². The first-order chi connectivity index (χ1) is 19.5. The minimum absolute atomic E-state index is 0.0636. The fourth-order valence-corrected chi connectivity index (χ4v) is 4.87. The summed E-state index contributed by atoms with van der Waals surface area (Å²) in [5, 5.41) is 11.1. The lowest BCUT2D eigenvalue weighted by atomic mass is 10.1. The zero-order chi connectivity index (χ0) is 29.3. The normalized spacial score (nSPS) is 15.6. The lowest BCUT2D eigenvalue weighted by molar-refractivity contribution is -0.137. The molecule has 0 spiro atoms. The molecule has 1 aliphatic heterocycles. The van der Waals surface area contributed by atoms with Crippen LogP contribution in [0.4, 0.5) is 24.5 Å². The molecule has 1 amide bonds. The van der Waals surface area contributed by atoms with Gasteiger partial charge in [0.05, 0.1) is 30.8 Å². The zero-order valence-electron chi connectivity index (χ0n) is 23.1. The number of pyridine rings is 1. The summed E-state index contributed by atoms with van der Waals surface area (Å²) in [6.07, 6.45) is 1.20. The number of ether oxygens (including phenoxy) is 1. The quantitative estimate of drug-likeness (QED) is 0.335. The smallest absolute Gasteiger partial charge is 0.416 e. The Hall–Kier alpha value is -4.45. The second kappa shape index (κ2) is 11.2. The molecule has 214 valence electrons. The van der Waals surface area contributed by atoms with Crippen LogP contribution in [-0.4, -0.2) is 71.1 Å². The van der Waals surface area contributed by atoms with Crippen molar-refractivity contribution in [2.24, 2.45) is 0 Å². The van der Waals surface area contributed by atoms with Crippen LogP contribution in [0, 0.1) is 6.92 Å². The number of methoxy groups -OCH3 is 1. The number of anilines is 2. The van der Waals surface area contributed by atoms with Crippen molar-refractivity contribution in [1.29, 1.82) is 0 Å². The van der Waals surface area contributed by atoms with Crippen molar-refractivity contribution >= 4 is 17.3 Å². The van der Waals surface area contributed by atoms with Crippen LogP contribution in [0.25, 0.3) is 16.9 Å². The summed E-state index contributed by atoms with van der Waals surface area (Å²) in [4.78, 5) is 21.4. The first kappa shape index (κ1) is 28.1. The van der Waals surface area contributed by atoms with Gasteiger partial charge in [0.2, 0.25) is 0 Å². The number of likely N-dealkylation sites (tertiary alicyclic amines) is 1. The van der Waals surface area contributed by atoms with E-state index in [0.717, 1.165) is 37.2 Å². The molecule has 0 saturated carbocycles. The number of carbonyl (C=O) groups is 1. The Morgan fingerprint density at radius 3 is 2.66 bits per heavy atom. The van der Waals surface area contributed by atoms with Crippen molar-refractivity contribution in [3.63, 3.8) is 0 Å². The van der Waals surface area contributed by atoms with E-state index in [1.165, 1.54) is 4.68 Å². The maximum atomic E-state index is 13.8. The molecule has 0 bridgehead atoms. The summed E-state index contributed by atoms with van der Waals surface area (Å²) in [7, 11) is 5.31. The van der Waals surface area contributed by atoms with Crippen molar-refractivity contribution < 1.29 is 22.7 Å². The molecule has 5 rings (SSSR count). The molecule has 2 aromatic heterocycles. The Kier molecular flexibility index (Phi) is 7.68. The van der Waals surface area contributed by atoms with E-state index in [1.807, 2.05) is 18.9 Å². The number of nitrogens with one attached hydrogen (secondary N) is 1. The Morgan fingerprint density at radius 2 is 1.95 bits per heavy atom. The number of benzene rings is 2. The summed E-state index contributed by atoms with van der Waals surface area (Å²) >= 11 is 0. The van der Waals surface area contributed by atoms with Gasteiger partial charge in [-0.05, 0) is 68.9 Å². The number of amides is 1. The minimum atomic E-state index is -4.57. The number of aromatic nitrogens is 4. The summed E-state index contributed by atoms with van der Waals surface area (Å²) in [6.45, 7) is 3.48. The Balaban J connectivity index is 1.41. The van der Waals surface area contributed by atoms with Crippen LogP contribution in [-0.2, 0) is 6.18 Å². The molecule has 0 aliphatic carbocycles. The molecule has 2 aromatic carbocycles. The van der Waals surface area contributed by atoms with Gasteiger partial charge in [-0.15, -0.1) is 5.10 Å². The number of nitrogens with zero attached hydrogens (tertiary/aromatic N) is 6. The van der Waals surface area contributed by atoms with Gasteiger partial charge in [0.25, 0.3) is 5.91 Å². The molecule has 1 N–H and O–H groups in total. The third kappa shape index (κ3) is 6.17. The van der Waals surface area contributed by atoms with Crippen molar-refractivity contribution in [2.45, 2.75) is 25.6 Å². The number of halogens is 3. The van der Waals surface area contributed by atoms with E-state index in [9.17, 15) is 18.0 Å². The molecular weight excluding hydrogens is 535 g/mol. The largest absolute Gasteiger partial charge is 0.495 e.